The molecule has 0 spiro atoms. The lowest BCUT2D eigenvalue weighted by atomic mass is 10.1. The minimum absolute atomic E-state index is 0.0923. The van der Waals surface area contributed by atoms with E-state index >= 15 is 0 Å². The number of nitrogens with two attached hydrogens (primary N) is 1. The van der Waals surface area contributed by atoms with Crippen molar-refractivity contribution in [2.45, 2.75) is 31.7 Å². The largest absolute Gasteiger partial charge is 0.496 e. The van der Waals surface area contributed by atoms with Crippen LogP contribution in [0, 0.1) is 0 Å². The van der Waals surface area contributed by atoms with Crippen molar-refractivity contribution in [1.82, 2.24) is 4.57 Å². The number of aromatic nitrogens is 1. The molecule has 1 aliphatic carbocycles. The van der Waals surface area contributed by atoms with Gasteiger partial charge in [-0.15, -0.1) is 0 Å². The van der Waals surface area contributed by atoms with Gasteiger partial charge in [-0.2, -0.15) is 0 Å². The van der Waals surface area contributed by atoms with Gasteiger partial charge in [-0.05, 0) is 37.1 Å². The number of nitrogens with zero attached hydrogens (tertiary/aromatic N) is 1. The lowest BCUT2D eigenvalue weighted by Crippen LogP contribution is -2.27. The highest BCUT2D eigenvalue weighted by Gasteiger charge is 2.22. The zero-order valence-corrected chi connectivity index (χ0v) is 12.2. The number of rotatable bonds is 3. The molecule has 3 rings (SSSR count). The molecule has 21 heavy (non-hydrogen) atoms. The summed E-state index contributed by atoms with van der Waals surface area (Å²) in [6.07, 6.45) is 4.39. The monoisotopic (exact) mass is 284 g/mol. The average molecular weight is 284 g/mol. The van der Waals surface area contributed by atoms with Gasteiger partial charge < -0.3 is 15.0 Å². The predicted octanol–water partition coefficient (Wildman–Crippen LogP) is 3.22. The third-order valence-corrected chi connectivity index (χ3v) is 4.22. The number of hydrogen-bond donors (Lipinski definition) is 1. The molecule has 0 unspecified atom stereocenters. The summed E-state index contributed by atoms with van der Waals surface area (Å²) in [5, 5.41) is 0. The van der Waals surface area contributed by atoms with E-state index in [0.717, 1.165) is 42.7 Å². The molecule has 1 saturated carbocycles. The average Bonchev–Trinajstić information content (AvgIpc) is 3.03. The fourth-order valence-electron chi connectivity index (χ4n) is 3.17. The lowest BCUT2D eigenvalue weighted by Gasteiger charge is -2.20. The van der Waals surface area contributed by atoms with Gasteiger partial charge in [0.25, 0.3) is 5.56 Å². The summed E-state index contributed by atoms with van der Waals surface area (Å²) in [5.74, 6) is 0.772. The van der Waals surface area contributed by atoms with E-state index in [2.05, 4.69) is 0 Å². The van der Waals surface area contributed by atoms with Gasteiger partial charge in [-0.3, -0.25) is 4.79 Å². The van der Waals surface area contributed by atoms with Crippen LogP contribution in [0.5, 0.6) is 5.75 Å². The second kappa shape index (κ2) is 5.64. The number of methoxy groups -OCH3 is 1. The first-order valence-corrected chi connectivity index (χ1v) is 7.37. The van der Waals surface area contributed by atoms with Crippen LogP contribution in [-0.2, 0) is 0 Å². The van der Waals surface area contributed by atoms with Crippen LogP contribution in [0.2, 0.25) is 0 Å². The molecule has 4 heteroatoms. The van der Waals surface area contributed by atoms with E-state index in [-0.39, 0.29) is 11.6 Å². The zero-order chi connectivity index (χ0) is 14.8. The van der Waals surface area contributed by atoms with Crippen LogP contribution in [0.3, 0.4) is 0 Å². The van der Waals surface area contributed by atoms with Crippen LogP contribution in [-0.4, -0.2) is 11.7 Å². The number of para-hydroxylation sites is 1. The molecule has 0 saturated heterocycles. The Labute approximate surface area is 124 Å². The molecule has 1 aromatic carbocycles. The molecule has 1 aliphatic rings. The van der Waals surface area contributed by atoms with E-state index in [1.165, 1.54) is 0 Å². The van der Waals surface area contributed by atoms with Gasteiger partial charge in [0.15, 0.2) is 0 Å². The molecular formula is C17H20N2O2. The summed E-state index contributed by atoms with van der Waals surface area (Å²) < 4.78 is 7.30. The molecule has 110 valence electrons. The zero-order valence-electron chi connectivity index (χ0n) is 12.2. The Kier molecular flexibility index (Phi) is 3.69. The Balaban J connectivity index is 2.22. The Morgan fingerprint density at radius 2 is 1.86 bits per heavy atom. The quantitative estimate of drug-likeness (QED) is 0.941. The van der Waals surface area contributed by atoms with Gasteiger partial charge >= 0.3 is 0 Å². The highest BCUT2D eigenvalue weighted by Crippen LogP contribution is 2.35. The van der Waals surface area contributed by atoms with Crippen LogP contribution in [0.15, 0.2) is 41.2 Å². The van der Waals surface area contributed by atoms with E-state index in [0.29, 0.717) is 5.69 Å². The van der Waals surface area contributed by atoms with Crippen molar-refractivity contribution in [1.29, 1.82) is 0 Å². The molecule has 1 heterocycles. The molecule has 0 radical (unpaired) electrons. The fourth-order valence-corrected chi connectivity index (χ4v) is 3.17. The summed E-state index contributed by atoms with van der Waals surface area (Å²) >= 11 is 0. The Hall–Kier alpha value is -2.23. The molecule has 2 N–H and O–H groups in total. The van der Waals surface area contributed by atoms with E-state index in [1.807, 2.05) is 34.9 Å². The van der Waals surface area contributed by atoms with Crippen LogP contribution < -0.4 is 16.0 Å². The summed E-state index contributed by atoms with van der Waals surface area (Å²) in [5.41, 5.74) is 7.88. The third kappa shape index (κ3) is 2.42. The third-order valence-electron chi connectivity index (χ3n) is 4.22. The van der Waals surface area contributed by atoms with Crippen LogP contribution in [0.4, 0.5) is 5.69 Å². The first-order chi connectivity index (χ1) is 10.2. The van der Waals surface area contributed by atoms with Crippen molar-refractivity contribution in [3.8, 4) is 17.0 Å². The highest BCUT2D eigenvalue weighted by molar-refractivity contribution is 5.68. The first-order valence-electron chi connectivity index (χ1n) is 7.37. The van der Waals surface area contributed by atoms with Gasteiger partial charge in [0, 0.05) is 11.6 Å². The molecule has 0 atom stereocenters. The molecule has 0 bridgehead atoms. The number of anilines is 1. The normalized spacial score (nSPS) is 15.3. The highest BCUT2D eigenvalue weighted by atomic mass is 16.5. The predicted molar refractivity (Wildman–Crippen MR) is 84.6 cm³/mol. The van der Waals surface area contributed by atoms with E-state index in [4.69, 9.17) is 10.5 Å². The van der Waals surface area contributed by atoms with Crippen LogP contribution >= 0.6 is 0 Å². The summed E-state index contributed by atoms with van der Waals surface area (Å²) in [6, 6.07) is 11.6. The molecule has 1 aromatic heterocycles. The second-order valence-corrected chi connectivity index (χ2v) is 5.49. The fraction of sp³-hybridized carbons (Fsp3) is 0.353. The number of ether oxygens (including phenoxy) is 1. The Morgan fingerprint density at radius 3 is 2.57 bits per heavy atom. The molecule has 1 fully saturated rings. The van der Waals surface area contributed by atoms with Gasteiger partial charge in [0.2, 0.25) is 0 Å². The maximum absolute atomic E-state index is 12.5. The maximum Gasteiger partial charge on any atom is 0.274 e. The Morgan fingerprint density at radius 1 is 1.14 bits per heavy atom. The van der Waals surface area contributed by atoms with Gasteiger partial charge in [-0.1, -0.05) is 25.0 Å². The smallest absolute Gasteiger partial charge is 0.274 e. The molecular weight excluding hydrogens is 264 g/mol. The van der Waals surface area contributed by atoms with E-state index in [9.17, 15) is 4.79 Å². The number of nitrogen functional groups attached to an aromatic ring is 1. The standard InChI is InChI=1S/C17H20N2O2/c1-21-16-9-5-4-8-13(16)15-11-10-14(18)17(20)19(15)12-6-2-3-7-12/h4-5,8-12H,2-3,6-7,18H2,1H3. The summed E-state index contributed by atoms with van der Waals surface area (Å²) in [7, 11) is 1.65. The van der Waals surface area contributed by atoms with Crippen molar-refractivity contribution >= 4 is 5.69 Å². The van der Waals surface area contributed by atoms with Gasteiger partial charge in [0.05, 0.1) is 18.5 Å². The molecule has 0 aliphatic heterocycles. The van der Waals surface area contributed by atoms with Crippen molar-refractivity contribution < 1.29 is 4.74 Å². The van der Waals surface area contributed by atoms with Crippen LogP contribution in [0.1, 0.15) is 31.7 Å². The van der Waals surface area contributed by atoms with Crippen molar-refractivity contribution in [3.63, 3.8) is 0 Å². The Bertz CT molecular complexity index is 700. The SMILES string of the molecule is COc1ccccc1-c1ccc(N)c(=O)n1C1CCCC1. The number of hydrogen-bond acceptors (Lipinski definition) is 3. The first kappa shape index (κ1) is 13.7. The van der Waals surface area contributed by atoms with E-state index < -0.39 is 0 Å². The van der Waals surface area contributed by atoms with E-state index in [1.54, 1.807) is 13.2 Å². The second-order valence-electron chi connectivity index (χ2n) is 5.49. The van der Waals surface area contributed by atoms with Crippen molar-refractivity contribution in [3.05, 3.63) is 46.8 Å². The van der Waals surface area contributed by atoms with Crippen molar-refractivity contribution in [2.75, 3.05) is 12.8 Å². The van der Waals surface area contributed by atoms with Crippen LogP contribution in [0.25, 0.3) is 11.3 Å². The number of pyridine rings is 1. The topological polar surface area (TPSA) is 57.2 Å². The lowest BCUT2D eigenvalue weighted by molar-refractivity contribution is 0.415. The summed E-state index contributed by atoms with van der Waals surface area (Å²) in [4.78, 5) is 12.5. The maximum atomic E-state index is 12.5. The van der Waals surface area contributed by atoms with Gasteiger partial charge in [-0.25, -0.2) is 0 Å². The molecule has 4 nitrogen and oxygen atoms in total. The minimum atomic E-state index is -0.0923. The molecule has 0 amide bonds. The summed E-state index contributed by atoms with van der Waals surface area (Å²) in [6.45, 7) is 0. The minimum Gasteiger partial charge on any atom is -0.496 e. The molecule has 2 aromatic rings. The number of benzene rings is 1. The van der Waals surface area contributed by atoms with Gasteiger partial charge in [0.1, 0.15) is 5.75 Å². The van der Waals surface area contributed by atoms with Crippen molar-refractivity contribution in [2.24, 2.45) is 0 Å².